The van der Waals surface area contributed by atoms with Crippen LogP contribution in [0.25, 0.3) is 0 Å². The van der Waals surface area contributed by atoms with Crippen LogP contribution in [0.4, 0.5) is 5.82 Å². The Hall–Kier alpha value is -1.63. The quantitative estimate of drug-likeness (QED) is 0.915. The van der Waals surface area contributed by atoms with E-state index in [1.165, 1.54) is 38.5 Å². The minimum atomic E-state index is 0.414. The van der Waals surface area contributed by atoms with Crippen molar-refractivity contribution in [2.75, 3.05) is 11.9 Å². The Morgan fingerprint density at radius 3 is 2.30 bits per heavy atom. The number of anilines is 1. The number of hydrogen-bond donors (Lipinski definition) is 1. The molecule has 1 heterocycles. The molecule has 0 atom stereocenters. The first-order chi connectivity index (χ1) is 9.76. The summed E-state index contributed by atoms with van der Waals surface area (Å²) in [6, 6.07) is 2.12. The van der Waals surface area contributed by atoms with Crippen molar-refractivity contribution in [3.63, 3.8) is 0 Å². The van der Waals surface area contributed by atoms with Gasteiger partial charge in [0.15, 0.2) is 11.5 Å². The highest BCUT2D eigenvalue weighted by atomic mass is 15.0. The van der Waals surface area contributed by atoms with Crippen LogP contribution in [0.15, 0.2) is 12.4 Å². The Morgan fingerprint density at radius 1 is 1.10 bits per heavy atom. The van der Waals surface area contributed by atoms with Crippen LogP contribution in [0.5, 0.6) is 0 Å². The van der Waals surface area contributed by atoms with E-state index in [0.29, 0.717) is 16.9 Å². The van der Waals surface area contributed by atoms with Gasteiger partial charge in [-0.15, -0.1) is 0 Å². The van der Waals surface area contributed by atoms with E-state index in [0.717, 1.165) is 24.3 Å². The van der Waals surface area contributed by atoms with Crippen molar-refractivity contribution in [2.45, 2.75) is 38.5 Å². The number of nitrogens with one attached hydrogen (secondary N) is 1. The summed E-state index contributed by atoms with van der Waals surface area (Å²) in [4.78, 5) is 8.35. The van der Waals surface area contributed by atoms with Crippen molar-refractivity contribution in [3.8, 4) is 6.07 Å². The van der Waals surface area contributed by atoms with Crippen molar-refractivity contribution < 1.29 is 0 Å². The SMILES string of the molecule is N#Cc1nccnc1NCC12CC3CC(CC(C3)C1)C2. The van der Waals surface area contributed by atoms with Gasteiger partial charge in [-0.2, -0.15) is 5.26 Å². The molecule has 0 amide bonds. The van der Waals surface area contributed by atoms with Gasteiger partial charge in [0, 0.05) is 18.9 Å². The summed E-state index contributed by atoms with van der Waals surface area (Å²) in [6.07, 6.45) is 11.7. The summed E-state index contributed by atoms with van der Waals surface area (Å²) < 4.78 is 0. The van der Waals surface area contributed by atoms with Crippen LogP contribution < -0.4 is 5.32 Å². The van der Waals surface area contributed by atoms with E-state index < -0.39 is 0 Å². The van der Waals surface area contributed by atoms with Crippen LogP contribution >= 0.6 is 0 Å². The summed E-state index contributed by atoms with van der Waals surface area (Å²) in [6.45, 7) is 0.962. The van der Waals surface area contributed by atoms with Gasteiger partial charge in [-0.1, -0.05) is 0 Å². The molecule has 4 heteroatoms. The van der Waals surface area contributed by atoms with Gasteiger partial charge < -0.3 is 5.32 Å². The molecule has 0 radical (unpaired) electrons. The van der Waals surface area contributed by atoms with Crippen LogP contribution in [0.1, 0.15) is 44.2 Å². The fraction of sp³-hybridized carbons (Fsp3) is 0.688. The zero-order valence-corrected chi connectivity index (χ0v) is 11.7. The maximum atomic E-state index is 9.09. The molecular weight excluding hydrogens is 248 g/mol. The van der Waals surface area contributed by atoms with Crippen LogP contribution in [-0.4, -0.2) is 16.5 Å². The minimum Gasteiger partial charge on any atom is -0.367 e. The highest BCUT2D eigenvalue weighted by Gasteiger charge is 2.50. The largest absolute Gasteiger partial charge is 0.367 e. The van der Waals surface area contributed by atoms with E-state index in [9.17, 15) is 0 Å². The van der Waals surface area contributed by atoms with Crippen LogP contribution in [0.3, 0.4) is 0 Å². The lowest BCUT2D eigenvalue weighted by molar-refractivity contribution is -0.0444. The molecule has 1 aromatic heterocycles. The van der Waals surface area contributed by atoms with E-state index in [-0.39, 0.29) is 0 Å². The number of nitrogens with zero attached hydrogens (tertiary/aromatic N) is 3. The lowest BCUT2D eigenvalue weighted by atomic mass is 9.49. The number of aromatic nitrogens is 2. The van der Waals surface area contributed by atoms with E-state index >= 15 is 0 Å². The second-order valence-corrected chi connectivity index (χ2v) is 7.14. The second kappa shape index (κ2) is 4.44. The van der Waals surface area contributed by atoms with Crippen molar-refractivity contribution in [3.05, 3.63) is 18.1 Å². The molecule has 4 nitrogen and oxygen atoms in total. The monoisotopic (exact) mass is 268 g/mol. The summed E-state index contributed by atoms with van der Waals surface area (Å²) in [5, 5.41) is 12.5. The predicted octanol–water partition coefficient (Wildman–Crippen LogP) is 2.98. The lowest BCUT2D eigenvalue weighted by Crippen LogP contribution is -2.49. The Balaban J connectivity index is 1.51. The van der Waals surface area contributed by atoms with Crippen molar-refractivity contribution >= 4 is 5.82 Å². The molecule has 0 unspecified atom stereocenters. The minimum absolute atomic E-state index is 0.414. The molecule has 1 aromatic rings. The molecule has 104 valence electrons. The van der Waals surface area contributed by atoms with Gasteiger partial charge in [-0.25, -0.2) is 9.97 Å². The molecule has 0 aliphatic heterocycles. The smallest absolute Gasteiger partial charge is 0.182 e. The first-order valence-corrected chi connectivity index (χ1v) is 7.71. The maximum absolute atomic E-state index is 9.09. The average molecular weight is 268 g/mol. The molecule has 4 aliphatic carbocycles. The molecule has 0 spiro atoms. The fourth-order valence-electron chi connectivity index (χ4n) is 5.33. The zero-order valence-electron chi connectivity index (χ0n) is 11.7. The van der Waals surface area contributed by atoms with Gasteiger partial charge in [0.2, 0.25) is 0 Å². The fourth-order valence-corrected chi connectivity index (χ4v) is 5.33. The molecule has 4 bridgehead atoms. The standard InChI is InChI=1S/C16H20N4/c17-9-14-15(19-2-1-18-14)20-10-16-6-11-3-12(7-16)5-13(4-11)8-16/h1-2,11-13H,3-8,10H2,(H,19,20). The van der Waals surface area contributed by atoms with Crippen molar-refractivity contribution in [1.82, 2.24) is 9.97 Å². The van der Waals surface area contributed by atoms with E-state index in [1.54, 1.807) is 12.4 Å². The number of rotatable bonds is 3. The van der Waals surface area contributed by atoms with E-state index in [4.69, 9.17) is 5.26 Å². The maximum Gasteiger partial charge on any atom is 0.182 e. The second-order valence-electron chi connectivity index (χ2n) is 7.14. The van der Waals surface area contributed by atoms with Crippen LogP contribution in [0, 0.1) is 34.5 Å². The molecule has 0 aromatic carbocycles. The summed E-state index contributed by atoms with van der Waals surface area (Å²) >= 11 is 0. The van der Waals surface area contributed by atoms with Gasteiger partial charge in [-0.3, -0.25) is 0 Å². The van der Waals surface area contributed by atoms with Gasteiger partial charge in [0.1, 0.15) is 6.07 Å². The third-order valence-corrected chi connectivity index (χ3v) is 5.60. The molecule has 4 aliphatic rings. The first-order valence-electron chi connectivity index (χ1n) is 7.71. The van der Waals surface area contributed by atoms with Crippen molar-refractivity contribution in [1.29, 1.82) is 5.26 Å². The molecule has 20 heavy (non-hydrogen) atoms. The van der Waals surface area contributed by atoms with Crippen molar-refractivity contribution in [2.24, 2.45) is 23.2 Å². The zero-order chi connectivity index (χ0) is 13.6. The number of nitriles is 1. The third-order valence-electron chi connectivity index (χ3n) is 5.60. The molecule has 0 saturated heterocycles. The van der Waals surface area contributed by atoms with E-state index in [2.05, 4.69) is 21.4 Å². The van der Waals surface area contributed by atoms with Crippen LogP contribution in [-0.2, 0) is 0 Å². The molecule has 4 fully saturated rings. The average Bonchev–Trinajstić information content (AvgIpc) is 2.44. The summed E-state index contributed by atoms with van der Waals surface area (Å²) in [5.41, 5.74) is 0.871. The molecular formula is C16H20N4. The molecule has 4 saturated carbocycles. The normalized spacial score (nSPS) is 37.6. The predicted molar refractivity (Wildman–Crippen MR) is 75.8 cm³/mol. The summed E-state index contributed by atoms with van der Waals surface area (Å²) in [5.74, 6) is 3.53. The Morgan fingerprint density at radius 2 is 1.70 bits per heavy atom. The molecule has 5 rings (SSSR count). The Bertz CT molecular complexity index is 525. The Kier molecular flexibility index (Phi) is 2.70. The van der Waals surface area contributed by atoms with Gasteiger partial charge in [-0.05, 0) is 61.7 Å². The molecule has 1 N–H and O–H groups in total. The first kappa shape index (κ1) is 12.1. The highest BCUT2D eigenvalue weighted by molar-refractivity contribution is 5.46. The third kappa shape index (κ3) is 1.96. The van der Waals surface area contributed by atoms with Crippen LogP contribution in [0.2, 0.25) is 0 Å². The highest BCUT2D eigenvalue weighted by Crippen LogP contribution is 2.59. The van der Waals surface area contributed by atoms with E-state index in [1.807, 2.05) is 0 Å². The summed E-state index contributed by atoms with van der Waals surface area (Å²) in [7, 11) is 0. The topological polar surface area (TPSA) is 61.6 Å². The van der Waals surface area contributed by atoms with Gasteiger partial charge in [0.05, 0.1) is 0 Å². The van der Waals surface area contributed by atoms with Gasteiger partial charge >= 0.3 is 0 Å². The number of hydrogen-bond acceptors (Lipinski definition) is 4. The lowest BCUT2D eigenvalue weighted by Gasteiger charge is -2.57. The Labute approximate surface area is 119 Å². The van der Waals surface area contributed by atoms with Gasteiger partial charge in [0.25, 0.3) is 0 Å².